The minimum absolute atomic E-state index is 0.360. The molecule has 1 saturated heterocycles. The highest BCUT2D eigenvalue weighted by Crippen LogP contribution is 2.31. The molecule has 2 nitrogen and oxygen atoms in total. The third-order valence-corrected chi connectivity index (χ3v) is 3.36. The van der Waals surface area contributed by atoms with Gasteiger partial charge in [0.05, 0.1) is 5.60 Å². The quantitative estimate of drug-likeness (QED) is 0.545. The summed E-state index contributed by atoms with van der Waals surface area (Å²) in [6.45, 7) is 4.12. The standard InChI is InChI=1S/C12H21NO/c1-4-5-6-7-12(14)8-9-13(3)10-11(12)2/h1,11,14H,5-10H2,2-3H3. The molecule has 0 bridgehead atoms. The van der Waals surface area contributed by atoms with Gasteiger partial charge in [0.25, 0.3) is 0 Å². The van der Waals surface area contributed by atoms with Gasteiger partial charge in [-0.05, 0) is 32.2 Å². The van der Waals surface area contributed by atoms with Crippen molar-refractivity contribution in [3.05, 3.63) is 0 Å². The summed E-state index contributed by atoms with van der Waals surface area (Å²) in [5.74, 6) is 2.99. The summed E-state index contributed by atoms with van der Waals surface area (Å²) < 4.78 is 0. The molecule has 0 spiro atoms. The molecule has 1 heterocycles. The molecule has 14 heavy (non-hydrogen) atoms. The molecule has 0 saturated carbocycles. The van der Waals surface area contributed by atoms with Crippen LogP contribution >= 0.6 is 0 Å². The van der Waals surface area contributed by atoms with Crippen LogP contribution in [-0.2, 0) is 0 Å². The molecular weight excluding hydrogens is 174 g/mol. The van der Waals surface area contributed by atoms with Crippen LogP contribution in [0.15, 0.2) is 0 Å². The van der Waals surface area contributed by atoms with Crippen molar-refractivity contribution in [2.45, 2.75) is 38.2 Å². The third-order valence-electron chi connectivity index (χ3n) is 3.36. The Morgan fingerprint density at radius 3 is 2.93 bits per heavy atom. The lowest BCUT2D eigenvalue weighted by atomic mass is 9.79. The van der Waals surface area contributed by atoms with Gasteiger partial charge in [0.1, 0.15) is 0 Å². The van der Waals surface area contributed by atoms with Crippen LogP contribution in [0.5, 0.6) is 0 Å². The molecule has 0 aliphatic carbocycles. The SMILES string of the molecule is C#CCCCC1(O)CCN(C)CC1C. The van der Waals surface area contributed by atoms with Gasteiger partial charge >= 0.3 is 0 Å². The van der Waals surface area contributed by atoms with Gasteiger partial charge < -0.3 is 10.0 Å². The molecule has 0 radical (unpaired) electrons. The van der Waals surface area contributed by atoms with Crippen LogP contribution in [-0.4, -0.2) is 35.7 Å². The molecule has 1 N–H and O–H groups in total. The number of terminal acetylenes is 1. The maximum atomic E-state index is 10.4. The maximum Gasteiger partial charge on any atom is 0.0697 e. The lowest BCUT2D eigenvalue weighted by Crippen LogP contribution is -2.49. The van der Waals surface area contributed by atoms with Crippen molar-refractivity contribution < 1.29 is 5.11 Å². The zero-order chi connectivity index (χ0) is 10.6. The Morgan fingerprint density at radius 2 is 2.36 bits per heavy atom. The molecule has 1 aliphatic heterocycles. The van der Waals surface area contributed by atoms with Crippen LogP contribution in [0.25, 0.3) is 0 Å². The number of nitrogens with zero attached hydrogens (tertiary/aromatic N) is 1. The molecule has 1 rings (SSSR count). The molecule has 1 aliphatic rings. The Kier molecular flexibility index (Phi) is 3.97. The van der Waals surface area contributed by atoms with Gasteiger partial charge in [-0.2, -0.15) is 0 Å². The van der Waals surface area contributed by atoms with Crippen LogP contribution in [0.4, 0.5) is 0 Å². The van der Waals surface area contributed by atoms with Crippen molar-refractivity contribution in [2.75, 3.05) is 20.1 Å². The summed E-state index contributed by atoms with van der Waals surface area (Å²) in [6, 6.07) is 0. The normalized spacial score (nSPS) is 34.0. The second-order valence-electron chi connectivity index (χ2n) is 4.57. The van der Waals surface area contributed by atoms with Gasteiger partial charge in [0, 0.05) is 19.5 Å². The Labute approximate surface area is 87.3 Å². The molecule has 2 heteroatoms. The van der Waals surface area contributed by atoms with Gasteiger partial charge in [-0.15, -0.1) is 12.3 Å². The fourth-order valence-corrected chi connectivity index (χ4v) is 2.23. The highest BCUT2D eigenvalue weighted by atomic mass is 16.3. The summed E-state index contributed by atoms with van der Waals surface area (Å²) in [5.41, 5.74) is -0.469. The first-order valence-electron chi connectivity index (χ1n) is 5.43. The lowest BCUT2D eigenvalue weighted by molar-refractivity contribution is -0.0669. The molecular formula is C12H21NO. The van der Waals surface area contributed by atoms with E-state index in [1.54, 1.807) is 0 Å². The molecule has 2 atom stereocenters. The predicted molar refractivity (Wildman–Crippen MR) is 58.9 cm³/mol. The van der Waals surface area contributed by atoms with Crippen LogP contribution in [0, 0.1) is 18.3 Å². The minimum atomic E-state index is -0.469. The molecule has 80 valence electrons. The third kappa shape index (κ3) is 2.73. The van der Waals surface area contributed by atoms with Crippen molar-refractivity contribution >= 4 is 0 Å². The number of likely N-dealkylation sites (tertiary alicyclic amines) is 1. The second kappa shape index (κ2) is 4.82. The van der Waals surface area contributed by atoms with Gasteiger partial charge in [0.15, 0.2) is 0 Å². The topological polar surface area (TPSA) is 23.5 Å². The average molecular weight is 195 g/mol. The van der Waals surface area contributed by atoms with E-state index in [-0.39, 0.29) is 0 Å². The van der Waals surface area contributed by atoms with E-state index >= 15 is 0 Å². The van der Waals surface area contributed by atoms with Crippen molar-refractivity contribution in [3.8, 4) is 12.3 Å². The van der Waals surface area contributed by atoms with Gasteiger partial charge in [0.2, 0.25) is 0 Å². The molecule has 1 fully saturated rings. The number of piperidine rings is 1. The fraction of sp³-hybridized carbons (Fsp3) is 0.833. The van der Waals surface area contributed by atoms with Crippen LogP contribution in [0.2, 0.25) is 0 Å². The zero-order valence-electron chi connectivity index (χ0n) is 9.29. The predicted octanol–water partition coefficient (Wildman–Crippen LogP) is 1.49. The minimum Gasteiger partial charge on any atom is -0.390 e. The van der Waals surface area contributed by atoms with Crippen LogP contribution < -0.4 is 0 Å². The monoisotopic (exact) mass is 195 g/mol. The number of hydrogen-bond donors (Lipinski definition) is 1. The Morgan fingerprint density at radius 1 is 1.64 bits per heavy atom. The van der Waals surface area contributed by atoms with E-state index in [1.807, 2.05) is 0 Å². The number of hydrogen-bond acceptors (Lipinski definition) is 2. The van der Waals surface area contributed by atoms with E-state index in [4.69, 9.17) is 6.42 Å². The average Bonchev–Trinajstić information content (AvgIpc) is 2.13. The van der Waals surface area contributed by atoms with Crippen molar-refractivity contribution in [1.29, 1.82) is 0 Å². The van der Waals surface area contributed by atoms with E-state index in [2.05, 4.69) is 24.8 Å². The Hall–Kier alpha value is -0.520. The highest BCUT2D eigenvalue weighted by Gasteiger charge is 2.36. The second-order valence-corrected chi connectivity index (χ2v) is 4.57. The summed E-state index contributed by atoms with van der Waals surface area (Å²) in [7, 11) is 2.11. The maximum absolute atomic E-state index is 10.4. The zero-order valence-corrected chi connectivity index (χ0v) is 9.29. The first kappa shape index (κ1) is 11.6. The van der Waals surface area contributed by atoms with Crippen molar-refractivity contribution in [1.82, 2.24) is 4.90 Å². The number of unbranched alkanes of at least 4 members (excludes halogenated alkanes) is 1. The molecule has 0 aromatic rings. The Bertz CT molecular complexity index is 221. The number of aliphatic hydroxyl groups is 1. The summed E-state index contributed by atoms with van der Waals surface area (Å²) in [6.07, 6.45) is 8.67. The smallest absolute Gasteiger partial charge is 0.0697 e. The summed E-state index contributed by atoms with van der Waals surface area (Å²) in [5, 5.41) is 10.4. The van der Waals surface area contributed by atoms with Gasteiger partial charge in [-0.25, -0.2) is 0 Å². The summed E-state index contributed by atoms with van der Waals surface area (Å²) in [4.78, 5) is 2.28. The highest BCUT2D eigenvalue weighted by molar-refractivity contribution is 4.92. The Balaban J connectivity index is 2.43. The summed E-state index contributed by atoms with van der Waals surface area (Å²) >= 11 is 0. The van der Waals surface area contributed by atoms with Crippen molar-refractivity contribution in [3.63, 3.8) is 0 Å². The van der Waals surface area contributed by atoms with E-state index in [0.717, 1.165) is 38.8 Å². The largest absolute Gasteiger partial charge is 0.390 e. The fourth-order valence-electron chi connectivity index (χ4n) is 2.23. The lowest BCUT2D eigenvalue weighted by Gasteiger charge is -2.42. The van der Waals surface area contributed by atoms with Crippen molar-refractivity contribution in [2.24, 2.45) is 5.92 Å². The molecule has 0 aromatic heterocycles. The van der Waals surface area contributed by atoms with E-state index in [0.29, 0.717) is 5.92 Å². The first-order valence-corrected chi connectivity index (χ1v) is 5.43. The van der Waals surface area contributed by atoms with Gasteiger partial charge in [-0.1, -0.05) is 6.92 Å². The van der Waals surface area contributed by atoms with Crippen LogP contribution in [0.1, 0.15) is 32.6 Å². The van der Waals surface area contributed by atoms with Crippen LogP contribution in [0.3, 0.4) is 0 Å². The van der Waals surface area contributed by atoms with E-state index in [1.165, 1.54) is 0 Å². The number of rotatable bonds is 3. The first-order chi connectivity index (χ1) is 6.58. The molecule has 0 aromatic carbocycles. The molecule has 0 amide bonds. The molecule has 2 unspecified atom stereocenters. The van der Waals surface area contributed by atoms with E-state index < -0.39 is 5.60 Å². The van der Waals surface area contributed by atoms with E-state index in [9.17, 15) is 5.11 Å². The van der Waals surface area contributed by atoms with Gasteiger partial charge in [-0.3, -0.25) is 0 Å².